The van der Waals surface area contributed by atoms with E-state index in [1.165, 1.54) is 0 Å². The zero-order valence-corrected chi connectivity index (χ0v) is 9.40. The van der Waals surface area contributed by atoms with Crippen LogP contribution in [0.2, 0.25) is 0 Å². The SMILES string of the molecule is Cc1cccc(C2=N[C@H](C(C)C)CO2)n1. The number of aromatic nitrogens is 1. The van der Waals surface area contributed by atoms with Gasteiger partial charge in [-0.05, 0) is 25.0 Å². The van der Waals surface area contributed by atoms with Crippen LogP contribution in [0.5, 0.6) is 0 Å². The second-order valence-electron chi connectivity index (χ2n) is 4.22. The van der Waals surface area contributed by atoms with Gasteiger partial charge in [-0.3, -0.25) is 0 Å². The smallest absolute Gasteiger partial charge is 0.235 e. The van der Waals surface area contributed by atoms with Gasteiger partial charge in [-0.15, -0.1) is 0 Å². The highest BCUT2D eigenvalue weighted by atomic mass is 16.5. The summed E-state index contributed by atoms with van der Waals surface area (Å²) >= 11 is 0. The lowest BCUT2D eigenvalue weighted by molar-refractivity contribution is 0.291. The van der Waals surface area contributed by atoms with Crippen LogP contribution >= 0.6 is 0 Å². The van der Waals surface area contributed by atoms with Crippen LogP contribution in [0.3, 0.4) is 0 Å². The lowest BCUT2D eigenvalue weighted by Crippen LogP contribution is -2.13. The van der Waals surface area contributed by atoms with E-state index in [4.69, 9.17) is 4.74 Å². The molecular formula is C12H16N2O. The van der Waals surface area contributed by atoms with E-state index < -0.39 is 0 Å². The summed E-state index contributed by atoms with van der Waals surface area (Å²) in [7, 11) is 0. The number of hydrogen-bond acceptors (Lipinski definition) is 3. The first-order valence-corrected chi connectivity index (χ1v) is 5.31. The minimum Gasteiger partial charge on any atom is -0.474 e. The number of ether oxygens (including phenoxy) is 1. The Morgan fingerprint density at radius 2 is 2.20 bits per heavy atom. The van der Waals surface area contributed by atoms with Crippen molar-refractivity contribution in [1.82, 2.24) is 4.98 Å². The molecule has 0 radical (unpaired) electrons. The highest BCUT2D eigenvalue weighted by Crippen LogP contribution is 2.16. The lowest BCUT2D eigenvalue weighted by Gasteiger charge is -2.06. The first-order chi connectivity index (χ1) is 7.16. The van der Waals surface area contributed by atoms with Crippen molar-refractivity contribution in [2.75, 3.05) is 6.61 Å². The molecule has 3 heteroatoms. The lowest BCUT2D eigenvalue weighted by atomic mass is 10.1. The zero-order chi connectivity index (χ0) is 10.8. The van der Waals surface area contributed by atoms with E-state index in [9.17, 15) is 0 Å². The van der Waals surface area contributed by atoms with Crippen LogP contribution in [0.1, 0.15) is 25.2 Å². The maximum atomic E-state index is 5.56. The molecule has 0 amide bonds. The van der Waals surface area contributed by atoms with Crippen molar-refractivity contribution in [2.45, 2.75) is 26.8 Å². The molecule has 0 aliphatic carbocycles. The third-order valence-electron chi connectivity index (χ3n) is 2.55. The zero-order valence-electron chi connectivity index (χ0n) is 9.40. The van der Waals surface area contributed by atoms with Gasteiger partial charge in [0.2, 0.25) is 5.90 Å². The molecule has 0 bridgehead atoms. The van der Waals surface area contributed by atoms with Crippen LogP contribution in [0.15, 0.2) is 23.2 Å². The molecule has 1 aliphatic heterocycles. The number of pyridine rings is 1. The summed E-state index contributed by atoms with van der Waals surface area (Å²) in [5.74, 6) is 1.21. The summed E-state index contributed by atoms with van der Waals surface area (Å²) in [4.78, 5) is 8.92. The quantitative estimate of drug-likeness (QED) is 0.740. The van der Waals surface area contributed by atoms with Gasteiger partial charge in [-0.1, -0.05) is 19.9 Å². The number of aliphatic imine (C=N–C) groups is 1. The summed E-state index contributed by atoms with van der Waals surface area (Å²) in [6.45, 7) is 6.97. The fraction of sp³-hybridized carbons (Fsp3) is 0.500. The molecule has 0 unspecified atom stereocenters. The van der Waals surface area contributed by atoms with Crippen molar-refractivity contribution < 1.29 is 4.74 Å². The molecule has 15 heavy (non-hydrogen) atoms. The summed E-state index contributed by atoms with van der Waals surface area (Å²) in [6, 6.07) is 6.17. The van der Waals surface area contributed by atoms with Gasteiger partial charge in [0.05, 0.1) is 6.04 Å². The Kier molecular flexibility index (Phi) is 2.71. The first-order valence-electron chi connectivity index (χ1n) is 5.31. The maximum Gasteiger partial charge on any atom is 0.235 e. The molecule has 1 aromatic rings. The number of rotatable bonds is 2. The molecule has 1 atom stereocenters. The topological polar surface area (TPSA) is 34.5 Å². The molecule has 2 rings (SSSR count). The third kappa shape index (κ3) is 2.17. The predicted octanol–water partition coefficient (Wildman–Crippen LogP) is 2.19. The number of nitrogens with zero attached hydrogens (tertiary/aromatic N) is 2. The molecule has 0 saturated carbocycles. The molecule has 80 valence electrons. The van der Waals surface area contributed by atoms with E-state index >= 15 is 0 Å². The highest BCUT2D eigenvalue weighted by Gasteiger charge is 2.23. The van der Waals surface area contributed by atoms with Gasteiger partial charge >= 0.3 is 0 Å². The summed E-state index contributed by atoms with van der Waals surface area (Å²) in [5.41, 5.74) is 1.84. The molecule has 3 nitrogen and oxygen atoms in total. The van der Waals surface area contributed by atoms with E-state index in [0.29, 0.717) is 18.4 Å². The van der Waals surface area contributed by atoms with Crippen molar-refractivity contribution in [1.29, 1.82) is 0 Å². The van der Waals surface area contributed by atoms with Crippen molar-refractivity contribution in [2.24, 2.45) is 10.9 Å². The van der Waals surface area contributed by atoms with Gasteiger partial charge in [0.1, 0.15) is 12.3 Å². The van der Waals surface area contributed by atoms with Gasteiger partial charge in [-0.25, -0.2) is 9.98 Å². The third-order valence-corrected chi connectivity index (χ3v) is 2.55. The summed E-state index contributed by atoms with van der Waals surface area (Å²) < 4.78 is 5.56. The molecule has 0 saturated heterocycles. The van der Waals surface area contributed by atoms with Crippen LogP contribution in [0.25, 0.3) is 0 Å². The minimum absolute atomic E-state index is 0.280. The Morgan fingerprint density at radius 1 is 1.40 bits per heavy atom. The Morgan fingerprint density at radius 3 is 2.80 bits per heavy atom. The number of hydrogen-bond donors (Lipinski definition) is 0. The standard InChI is InChI=1S/C12H16N2O/c1-8(2)11-7-15-12(14-11)10-6-4-5-9(3)13-10/h4-6,8,11H,7H2,1-3H3/t11-/m0/s1. The second kappa shape index (κ2) is 4.01. The Balaban J connectivity index is 2.22. The highest BCUT2D eigenvalue weighted by molar-refractivity contribution is 5.93. The maximum absolute atomic E-state index is 5.56. The van der Waals surface area contributed by atoms with E-state index in [2.05, 4.69) is 23.8 Å². The summed E-state index contributed by atoms with van der Waals surface area (Å²) in [6.07, 6.45) is 0. The Bertz CT molecular complexity index is 385. The van der Waals surface area contributed by atoms with Gasteiger partial charge in [0.15, 0.2) is 0 Å². The van der Waals surface area contributed by atoms with Gasteiger partial charge < -0.3 is 4.74 Å². The van der Waals surface area contributed by atoms with Crippen molar-refractivity contribution >= 4 is 5.90 Å². The largest absolute Gasteiger partial charge is 0.474 e. The van der Waals surface area contributed by atoms with E-state index in [0.717, 1.165) is 11.4 Å². The molecule has 0 spiro atoms. The average molecular weight is 204 g/mol. The van der Waals surface area contributed by atoms with E-state index in [1.54, 1.807) is 0 Å². The molecule has 2 heterocycles. The van der Waals surface area contributed by atoms with Crippen molar-refractivity contribution in [3.8, 4) is 0 Å². The van der Waals surface area contributed by atoms with Crippen molar-refractivity contribution in [3.63, 3.8) is 0 Å². The van der Waals surface area contributed by atoms with Crippen LogP contribution in [0, 0.1) is 12.8 Å². The van der Waals surface area contributed by atoms with Crippen molar-refractivity contribution in [3.05, 3.63) is 29.6 Å². The second-order valence-corrected chi connectivity index (χ2v) is 4.22. The molecule has 1 aromatic heterocycles. The fourth-order valence-electron chi connectivity index (χ4n) is 1.53. The molecule has 0 fully saturated rings. The van der Waals surface area contributed by atoms with Gasteiger partial charge in [-0.2, -0.15) is 0 Å². The fourth-order valence-corrected chi connectivity index (χ4v) is 1.53. The number of aryl methyl sites for hydroxylation is 1. The first kappa shape index (κ1) is 10.1. The average Bonchev–Trinajstić information content (AvgIpc) is 2.66. The monoisotopic (exact) mass is 204 g/mol. The van der Waals surface area contributed by atoms with Crippen LogP contribution in [0.4, 0.5) is 0 Å². The predicted molar refractivity (Wildman–Crippen MR) is 60.1 cm³/mol. The van der Waals surface area contributed by atoms with Crippen LogP contribution in [-0.2, 0) is 4.74 Å². The molecule has 0 aromatic carbocycles. The van der Waals surface area contributed by atoms with Gasteiger partial charge in [0, 0.05) is 5.69 Å². The van der Waals surface area contributed by atoms with E-state index in [-0.39, 0.29) is 6.04 Å². The van der Waals surface area contributed by atoms with E-state index in [1.807, 2.05) is 25.1 Å². The normalized spacial score (nSPS) is 20.3. The van der Waals surface area contributed by atoms with Crippen LogP contribution in [-0.4, -0.2) is 23.5 Å². The van der Waals surface area contributed by atoms with Gasteiger partial charge in [0.25, 0.3) is 0 Å². The Hall–Kier alpha value is -1.38. The summed E-state index contributed by atoms with van der Waals surface area (Å²) in [5, 5.41) is 0. The van der Waals surface area contributed by atoms with Crippen LogP contribution < -0.4 is 0 Å². The Labute approximate surface area is 90.2 Å². The molecule has 1 aliphatic rings. The molecular weight excluding hydrogens is 188 g/mol. The minimum atomic E-state index is 0.280. The molecule has 0 N–H and O–H groups in total.